The van der Waals surface area contributed by atoms with Crippen molar-refractivity contribution >= 4 is 5.97 Å². The lowest BCUT2D eigenvalue weighted by Crippen LogP contribution is -2.38. The Bertz CT molecular complexity index is 344. The van der Waals surface area contributed by atoms with Crippen molar-refractivity contribution in [3.05, 3.63) is 29.8 Å². The highest BCUT2D eigenvalue weighted by atomic mass is 16.6. The van der Waals surface area contributed by atoms with Gasteiger partial charge in [-0.3, -0.25) is 0 Å². The predicted octanol–water partition coefficient (Wildman–Crippen LogP) is 1.16. The van der Waals surface area contributed by atoms with E-state index in [2.05, 4.69) is 0 Å². The zero-order valence-electron chi connectivity index (χ0n) is 7.47. The monoisotopic (exact) mass is 194 g/mol. The molecule has 0 saturated carbocycles. The van der Waals surface area contributed by atoms with E-state index in [9.17, 15) is 4.79 Å². The van der Waals surface area contributed by atoms with Crippen molar-refractivity contribution in [1.82, 2.24) is 0 Å². The molecule has 1 aliphatic rings. The number of aromatic carboxylic acids is 1. The molecule has 0 bridgehead atoms. The molecule has 14 heavy (non-hydrogen) atoms. The summed E-state index contributed by atoms with van der Waals surface area (Å²) < 4.78 is 10.4. The van der Waals surface area contributed by atoms with Crippen LogP contribution in [-0.2, 0) is 4.74 Å². The third-order valence-corrected chi connectivity index (χ3v) is 1.99. The molecule has 0 aliphatic carbocycles. The molecule has 1 aromatic carbocycles. The van der Waals surface area contributed by atoms with Gasteiger partial charge in [-0.15, -0.1) is 0 Å². The molecular formula is C10H10O4. The van der Waals surface area contributed by atoms with Gasteiger partial charge in [0.25, 0.3) is 0 Å². The normalized spacial score (nSPS) is 16.0. The number of carbonyl (C=O) groups is 1. The first-order valence-electron chi connectivity index (χ1n) is 4.33. The van der Waals surface area contributed by atoms with E-state index in [4.69, 9.17) is 14.6 Å². The maximum Gasteiger partial charge on any atom is 0.335 e. The molecule has 1 aromatic rings. The summed E-state index contributed by atoms with van der Waals surface area (Å²) in [4.78, 5) is 10.6. The molecule has 0 amide bonds. The van der Waals surface area contributed by atoms with Gasteiger partial charge in [-0.2, -0.15) is 0 Å². The van der Waals surface area contributed by atoms with Crippen LogP contribution in [0, 0.1) is 0 Å². The summed E-state index contributed by atoms with van der Waals surface area (Å²) in [6.07, 6.45) is 0.0686. The Morgan fingerprint density at radius 2 is 2.29 bits per heavy atom. The van der Waals surface area contributed by atoms with Gasteiger partial charge in [0.05, 0.1) is 18.8 Å². The summed E-state index contributed by atoms with van der Waals surface area (Å²) in [6, 6.07) is 6.45. The number of carboxylic acid groups (broad SMARTS) is 1. The van der Waals surface area contributed by atoms with Crippen molar-refractivity contribution in [3.8, 4) is 5.75 Å². The lowest BCUT2D eigenvalue weighted by molar-refractivity contribution is -0.0797. The maximum atomic E-state index is 10.6. The first-order chi connectivity index (χ1) is 6.75. The minimum Gasteiger partial charge on any atom is -0.486 e. The minimum atomic E-state index is -0.944. The predicted molar refractivity (Wildman–Crippen MR) is 48.6 cm³/mol. The average molecular weight is 194 g/mol. The van der Waals surface area contributed by atoms with Gasteiger partial charge >= 0.3 is 5.97 Å². The summed E-state index contributed by atoms with van der Waals surface area (Å²) >= 11 is 0. The van der Waals surface area contributed by atoms with Crippen LogP contribution in [0.15, 0.2) is 24.3 Å². The second-order valence-corrected chi connectivity index (χ2v) is 3.11. The van der Waals surface area contributed by atoms with Crippen LogP contribution < -0.4 is 4.74 Å². The van der Waals surface area contributed by atoms with Crippen molar-refractivity contribution in [2.24, 2.45) is 0 Å². The quantitative estimate of drug-likeness (QED) is 0.784. The van der Waals surface area contributed by atoms with Crippen molar-refractivity contribution < 1.29 is 19.4 Å². The van der Waals surface area contributed by atoms with Crippen LogP contribution in [0.3, 0.4) is 0 Å². The van der Waals surface area contributed by atoms with Crippen LogP contribution in [0.1, 0.15) is 10.4 Å². The Morgan fingerprint density at radius 1 is 1.50 bits per heavy atom. The summed E-state index contributed by atoms with van der Waals surface area (Å²) in [5.74, 6) is -0.362. The molecule has 1 saturated heterocycles. The number of rotatable bonds is 3. The molecular weight excluding hydrogens is 184 g/mol. The molecule has 0 unspecified atom stereocenters. The lowest BCUT2D eigenvalue weighted by Gasteiger charge is -2.26. The molecule has 0 aromatic heterocycles. The Labute approximate surface area is 81.1 Å². The van der Waals surface area contributed by atoms with E-state index in [-0.39, 0.29) is 11.7 Å². The summed E-state index contributed by atoms with van der Waals surface area (Å²) in [6.45, 7) is 1.16. The zero-order valence-corrected chi connectivity index (χ0v) is 7.47. The molecule has 0 radical (unpaired) electrons. The largest absolute Gasteiger partial charge is 0.486 e. The summed E-state index contributed by atoms with van der Waals surface area (Å²) in [5, 5.41) is 8.73. The molecule has 2 rings (SSSR count). The molecule has 74 valence electrons. The Morgan fingerprint density at radius 3 is 2.86 bits per heavy atom. The molecule has 4 heteroatoms. The van der Waals surface area contributed by atoms with E-state index in [1.807, 2.05) is 0 Å². The fourth-order valence-corrected chi connectivity index (χ4v) is 1.18. The van der Waals surface area contributed by atoms with Crippen molar-refractivity contribution in [2.45, 2.75) is 6.10 Å². The van der Waals surface area contributed by atoms with Gasteiger partial charge in [0, 0.05) is 0 Å². The Kier molecular flexibility index (Phi) is 2.37. The third kappa shape index (κ3) is 1.85. The Balaban J connectivity index is 2.09. The van der Waals surface area contributed by atoms with E-state index < -0.39 is 5.97 Å². The van der Waals surface area contributed by atoms with Gasteiger partial charge in [0.15, 0.2) is 0 Å². The highest BCUT2D eigenvalue weighted by molar-refractivity contribution is 5.87. The fourth-order valence-electron chi connectivity index (χ4n) is 1.18. The number of carboxylic acids is 1. The topological polar surface area (TPSA) is 55.8 Å². The number of hydrogen-bond acceptors (Lipinski definition) is 3. The van der Waals surface area contributed by atoms with Gasteiger partial charge in [0.1, 0.15) is 11.9 Å². The van der Waals surface area contributed by atoms with Crippen LogP contribution in [-0.4, -0.2) is 30.4 Å². The van der Waals surface area contributed by atoms with E-state index in [1.54, 1.807) is 12.1 Å². The van der Waals surface area contributed by atoms with Gasteiger partial charge < -0.3 is 14.6 Å². The minimum absolute atomic E-state index is 0.0686. The van der Waals surface area contributed by atoms with Crippen LogP contribution >= 0.6 is 0 Å². The van der Waals surface area contributed by atoms with E-state index >= 15 is 0 Å². The van der Waals surface area contributed by atoms with Gasteiger partial charge in [-0.25, -0.2) is 4.79 Å². The highest BCUT2D eigenvalue weighted by Crippen LogP contribution is 2.17. The highest BCUT2D eigenvalue weighted by Gasteiger charge is 2.20. The summed E-state index contributed by atoms with van der Waals surface area (Å²) in [5.41, 5.74) is 0.239. The van der Waals surface area contributed by atoms with Gasteiger partial charge in [-0.05, 0) is 18.2 Å². The van der Waals surface area contributed by atoms with E-state index in [0.29, 0.717) is 19.0 Å². The molecule has 1 heterocycles. The average Bonchev–Trinajstić information content (AvgIpc) is 2.12. The van der Waals surface area contributed by atoms with Crippen molar-refractivity contribution in [1.29, 1.82) is 0 Å². The van der Waals surface area contributed by atoms with E-state index in [0.717, 1.165) is 0 Å². The zero-order chi connectivity index (χ0) is 9.97. The standard InChI is InChI=1S/C10H10O4/c11-10(12)7-2-1-3-8(4-7)14-9-5-13-6-9/h1-4,9H,5-6H2,(H,11,12). The molecule has 1 aliphatic heterocycles. The van der Waals surface area contributed by atoms with Crippen LogP contribution in [0.25, 0.3) is 0 Å². The van der Waals surface area contributed by atoms with Gasteiger partial charge in [0.2, 0.25) is 0 Å². The summed E-state index contributed by atoms with van der Waals surface area (Å²) in [7, 11) is 0. The van der Waals surface area contributed by atoms with Crippen molar-refractivity contribution in [3.63, 3.8) is 0 Å². The Hall–Kier alpha value is -1.55. The molecule has 1 fully saturated rings. The van der Waals surface area contributed by atoms with Crippen LogP contribution in [0.4, 0.5) is 0 Å². The molecule has 1 N–H and O–H groups in total. The van der Waals surface area contributed by atoms with Crippen LogP contribution in [0.2, 0.25) is 0 Å². The smallest absolute Gasteiger partial charge is 0.335 e. The SMILES string of the molecule is O=C(O)c1cccc(OC2COC2)c1. The molecule has 0 atom stereocenters. The van der Waals surface area contributed by atoms with Gasteiger partial charge in [-0.1, -0.05) is 6.07 Å². The number of benzene rings is 1. The van der Waals surface area contributed by atoms with E-state index in [1.165, 1.54) is 12.1 Å². The van der Waals surface area contributed by atoms with Crippen LogP contribution in [0.5, 0.6) is 5.75 Å². The molecule has 4 nitrogen and oxygen atoms in total. The second-order valence-electron chi connectivity index (χ2n) is 3.11. The molecule has 0 spiro atoms. The first-order valence-corrected chi connectivity index (χ1v) is 4.33. The first kappa shape index (κ1) is 9.02. The maximum absolute atomic E-state index is 10.6. The number of hydrogen-bond donors (Lipinski definition) is 1. The fraction of sp³-hybridized carbons (Fsp3) is 0.300. The third-order valence-electron chi connectivity index (χ3n) is 1.99. The second kappa shape index (κ2) is 3.67. The lowest BCUT2D eigenvalue weighted by atomic mass is 10.2. The number of ether oxygens (including phenoxy) is 2. The van der Waals surface area contributed by atoms with Crippen molar-refractivity contribution in [2.75, 3.05) is 13.2 Å².